The van der Waals surface area contributed by atoms with Crippen molar-refractivity contribution in [1.29, 1.82) is 10.5 Å². The average Bonchev–Trinajstić information content (AvgIpc) is 3.16. The normalized spacial score (nSPS) is 10.8. The van der Waals surface area contributed by atoms with Gasteiger partial charge in [0, 0.05) is 16.5 Å². The predicted molar refractivity (Wildman–Crippen MR) is 124 cm³/mol. The molecule has 4 aromatic carbocycles. The third-order valence-electron chi connectivity index (χ3n) is 5.70. The molecule has 1 aromatic heterocycles. The summed E-state index contributed by atoms with van der Waals surface area (Å²) in [7, 11) is 0. The van der Waals surface area contributed by atoms with Crippen LogP contribution in [0.15, 0.2) is 91.0 Å². The number of hydrogen-bond acceptors (Lipinski definition) is 2. The highest BCUT2D eigenvalue weighted by molar-refractivity contribution is 6.09. The second kappa shape index (κ2) is 7.82. The van der Waals surface area contributed by atoms with Gasteiger partial charge in [-0.15, -0.1) is 0 Å². The van der Waals surface area contributed by atoms with Crippen LogP contribution in [0.4, 0.5) is 0 Å². The molecule has 0 unspecified atom stereocenters. The molecule has 0 aliphatic rings. The van der Waals surface area contributed by atoms with Gasteiger partial charge in [-0.05, 0) is 72.5 Å². The number of nitriles is 2. The summed E-state index contributed by atoms with van der Waals surface area (Å²) >= 11 is 0. The molecule has 0 N–H and O–H groups in total. The summed E-state index contributed by atoms with van der Waals surface area (Å²) in [4.78, 5) is 0. The molecule has 3 heteroatoms. The lowest BCUT2D eigenvalue weighted by atomic mass is 9.99. The molecule has 0 spiro atoms. The number of aromatic nitrogens is 1. The molecule has 5 aromatic rings. The summed E-state index contributed by atoms with van der Waals surface area (Å²) in [5.74, 6) is 0. The zero-order valence-corrected chi connectivity index (χ0v) is 16.9. The molecule has 3 nitrogen and oxygen atoms in total. The molecule has 0 atom stereocenters. The Bertz CT molecular complexity index is 1460. The van der Waals surface area contributed by atoms with Gasteiger partial charge in [-0.1, -0.05) is 42.5 Å². The molecule has 0 saturated heterocycles. The Morgan fingerprint density at radius 2 is 1.23 bits per heavy atom. The van der Waals surface area contributed by atoms with E-state index in [4.69, 9.17) is 0 Å². The number of aryl methyl sites for hydroxylation is 2. The van der Waals surface area contributed by atoms with Crippen LogP contribution in [0.3, 0.4) is 0 Å². The van der Waals surface area contributed by atoms with Gasteiger partial charge in [-0.2, -0.15) is 10.5 Å². The molecule has 0 bridgehead atoms. The largest absolute Gasteiger partial charge is 0.309 e. The van der Waals surface area contributed by atoms with Crippen molar-refractivity contribution < 1.29 is 0 Å². The molecule has 0 aliphatic carbocycles. The van der Waals surface area contributed by atoms with Crippen LogP contribution in [0.25, 0.3) is 27.5 Å². The Morgan fingerprint density at radius 3 is 1.97 bits per heavy atom. The van der Waals surface area contributed by atoms with E-state index < -0.39 is 0 Å². The van der Waals surface area contributed by atoms with Crippen LogP contribution in [0.1, 0.15) is 22.3 Å². The lowest BCUT2D eigenvalue weighted by Gasteiger charge is -2.08. The van der Waals surface area contributed by atoms with Crippen LogP contribution in [0.2, 0.25) is 0 Å². The quantitative estimate of drug-likeness (QED) is 0.357. The third-order valence-corrected chi connectivity index (χ3v) is 5.70. The van der Waals surface area contributed by atoms with E-state index in [1.165, 1.54) is 27.4 Å². The minimum Gasteiger partial charge on any atom is -0.309 e. The topological polar surface area (TPSA) is 52.5 Å². The fraction of sp³-hybridized carbons (Fsp3) is 0.0714. The molecule has 0 saturated carbocycles. The van der Waals surface area contributed by atoms with E-state index in [1.807, 2.05) is 18.2 Å². The van der Waals surface area contributed by atoms with Gasteiger partial charge < -0.3 is 4.57 Å². The van der Waals surface area contributed by atoms with Crippen molar-refractivity contribution in [3.63, 3.8) is 0 Å². The van der Waals surface area contributed by atoms with Crippen LogP contribution in [0.5, 0.6) is 0 Å². The lowest BCUT2D eigenvalue weighted by molar-refractivity contribution is 0.960. The summed E-state index contributed by atoms with van der Waals surface area (Å²) in [5.41, 5.74) is 6.87. The van der Waals surface area contributed by atoms with Crippen LogP contribution in [-0.2, 0) is 12.8 Å². The summed E-state index contributed by atoms with van der Waals surface area (Å²) in [5, 5.41) is 20.9. The van der Waals surface area contributed by atoms with Crippen LogP contribution in [0, 0.1) is 22.7 Å². The first kappa shape index (κ1) is 18.7. The van der Waals surface area contributed by atoms with Crippen molar-refractivity contribution in [2.24, 2.45) is 0 Å². The first-order valence-corrected chi connectivity index (χ1v) is 10.3. The number of hydrogen-bond donors (Lipinski definition) is 0. The van der Waals surface area contributed by atoms with E-state index in [9.17, 15) is 10.5 Å². The Balaban J connectivity index is 1.55. The molecule has 146 valence electrons. The maximum absolute atomic E-state index is 9.22. The summed E-state index contributed by atoms with van der Waals surface area (Å²) in [6.45, 7) is 0. The number of rotatable bonds is 4. The van der Waals surface area contributed by atoms with Gasteiger partial charge in [0.05, 0.1) is 34.3 Å². The zero-order valence-electron chi connectivity index (χ0n) is 16.9. The summed E-state index contributed by atoms with van der Waals surface area (Å²) in [6.07, 6.45) is 1.63. The zero-order chi connectivity index (χ0) is 21.2. The van der Waals surface area contributed by atoms with E-state index in [0.29, 0.717) is 11.1 Å². The fourth-order valence-corrected chi connectivity index (χ4v) is 4.28. The Morgan fingerprint density at radius 1 is 0.581 bits per heavy atom. The molecule has 0 radical (unpaired) electrons. The van der Waals surface area contributed by atoms with Gasteiger partial charge in [0.2, 0.25) is 0 Å². The van der Waals surface area contributed by atoms with E-state index in [-0.39, 0.29) is 0 Å². The van der Waals surface area contributed by atoms with Gasteiger partial charge in [-0.3, -0.25) is 0 Å². The Kier molecular flexibility index (Phi) is 4.71. The molecule has 0 aliphatic heterocycles. The first-order chi connectivity index (χ1) is 15.3. The molecule has 0 amide bonds. The van der Waals surface area contributed by atoms with E-state index >= 15 is 0 Å². The average molecular weight is 397 g/mol. The minimum atomic E-state index is 0.537. The third kappa shape index (κ3) is 3.44. The summed E-state index contributed by atoms with van der Waals surface area (Å²) < 4.78 is 2.31. The second-order valence-electron chi connectivity index (χ2n) is 7.68. The fourth-order valence-electron chi connectivity index (χ4n) is 4.28. The Hall–Kier alpha value is -4.34. The standard InChI is InChI=1S/C28H19N3/c29-18-22-14-21(15-23(16-22)19-30)11-10-20-12-13-28-26(17-20)25-8-4-5-9-27(25)31(28)24-6-2-1-3-7-24/h1-9,12-17H,10-11H2. The van der Waals surface area contributed by atoms with Gasteiger partial charge in [0.25, 0.3) is 0 Å². The van der Waals surface area contributed by atoms with Crippen molar-refractivity contribution in [2.75, 3.05) is 0 Å². The predicted octanol–water partition coefficient (Wildman–Crippen LogP) is 6.31. The van der Waals surface area contributed by atoms with Crippen molar-refractivity contribution in [3.05, 3.63) is 113 Å². The smallest absolute Gasteiger partial charge is 0.0992 e. The molecular weight excluding hydrogens is 378 g/mol. The monoisotopic (exact) mass is 397 g/mol. The van der Waals surface area contributed by atoms with Crippen molar-refractivity contribution >= 4 is 21.8 Å². The molecule has 0 fully saturated rings. The highest BCUT2D eigenvalue weighted by Gasteiger charge is 2.12. The SMILES string of the molecule is N#Cc1cc(C#N)cc(CCc2ccc3c(c2)c2ccccc2n3-c2ccccc2)c1. The first-order valence-electron chi connectivity index (χ1n) is 10.3. The Labute approximate surface area is 181 Å². The minimum absolute atomic E-state index is 0.537. The highest BCUT2D eigenvalue weighted by atomic mass is 15.0. The second-order valence-corrected chi connectivity index (χ2v) is 7.68. The number of nitrogens with zero attached hydrogens (tertiary/aromatic N) is 3. The van der Waals surface area contributed by atoms with Gasteiger partial charge in [-0.25, -0.2) is 0 Å². The highest BCUT2D eigenvalue weighted by Crippen LogP contribution is 2.32. The van der Waals surface area contributed by atoms with Gasteiger partial charge >= 0.3 is 0 Å². The van der Waals surface area contributed by atoms with Crippen LogP contribution in [-0.4, -0.2) is 4.57 Å². The van der Waals surface area contributed by atoms with E-state index in [2.05, 4.69) is 83.4 Å². The maximum Gasteiger partial charge on any atom is 0.0992 e. The molecular formula is C28H19N3. The van der Waals surface area contributed by atoms with Crippen molar-refractivity contribution in [2.45, 2.75) is 12.8 Å². The summed E-state index contributed by atoms with van der Waals surface area (Å²) in [6, 6.07) is 35.3. The molecule has 31 heavy (non-hydrogen) atoms. The van der Waals surface area contributed by atoms with Gasteiger partial charge in [0.15, 0.2) is 0 Å². The van der Waals surface area contributed by atoms with Crippen molar-refractivity contribution in [1.82, 2.24) is 4.57 Å². The number of fused-ring (bicyclic) bond motifs is 3. The lowest BCUT2D eigenvalue weighted by Crippen LogP contribution is -1.95. The number of para-hydroxylation sites is 2. The van der Waals surface area contributed by atoms with E-state index in [1.54, 1.807) is 6.07 Å². The molecule has 5 rings (SSSR count). The number of benzene rings is 4. The van der Waals surface area contributed by atoms with Crippen molar-refractivity contribution in [3.8, 4) is 17.8 Å². The van der Waals surface area contributed by atoms with Crippen LogP contribution < -0.4 is 0 Å². The maximum atomic E-state index is 9.22. The van der Waals surface area contributed by atoms with E-state index in [0.717, 1.165) is 24.1 Å². The van der Waals surface area contributed by atoms with Gasteiger partial charge in [0.1, 0.15) is 0 Å². The van der Waals surface area contributed by atoms with Crippen LogP contribution >= 0.6 is 0 Å². The molecule has 1 heterocycles.